The summed E-state index contributed by atoms with van der Waals surface area (Å²) in [6.07, 6.45) is 5.16. The van der Waals surface area contributed by atoms with Gasteiger partial charge in [0.15, 0.2) is 0 Å². The molecule has 0 aliphatic heterocycles. The van der Waals surface area contributed by atoms with Gasteiger partial charge < -0.3 is 0 Å². The second-order valence-corrected chi connectivity index (χ2v) is 3.07. The van der Waals surface area contributed by atoms with E-state index in [2.05, 4.69) is 10.9 Å². The molecule has 1 aromatic carbocycles. The third-order valence-electron chi connectivity index (χ3n) is 2.15. The largest absolute Gasteiger partial charge is 0.329 e. The van der Waals surface area contributed by atoms with Crippen LogP contribution in [0.5, 0.6) is 0 Å². The summed E-state index contributed by atoms with van der Waals surface area (Å²) >= 11 is 0. The molecule has 0 fully saturated rings. The number of aromatic amines is 1. The summed E-state index contributed by atoms with van der Waals surface area (Å²) < 4.78 is 1.36. The molecule has 0 aliphatic rings. The van der Waals surface area contributed by atoms with Gasteiger partial charge in [0.2, 0.25) is 0 Å². The monoisotopic (exact) mass is 200 g/mol. The SMILES string of the molecule is C#CCn1c(=O)[nH]c(=O)c2ccccc21. The average molecular weight is 200 g/mol. The Morgan fingerprint density at radius 1 is 1.33 bits per heavy atom. The van der Waals surface area contributed by atoms with Gasteiger partial charge >= 0.3 is 5.69 Å². The van der Waals surface area contributed by atoms with Crippen LogP contribution in [0.15, 0.2) is 33.9 Å². The van der Waals surface area contributed by atoms with Crippen molar-refractivity contribution in [3.8, 4) is 12.3 Å². The van der Waals surface area contributed by atoms with Crippen LogP contribution in [-0.2, 0) is 6.54 Å². The summed E-state index contributed by atoms with van der Waals surface area (Å²) in [5.74, 6) is 2.38. The predicted molar refractivity (Wildman–Crippen MR) is 57.7 cm³/mol. The van der Waals surface area contributed by atoms with Gasteiger partial charge in [-0.05, 0) is 12.1 Å². The molecule has 1 N–H and O–H groups in total. The van der Waals surface area contributed by atoms with Crippen molar-refractivity contribution in [3.05, 3.63) is 45.1 Å². The molecule has 4 nitrogen and oxygen atoms in total. The highest BCUT2D eigenvalue weighted by Gasteiger charge is 2.04. The number of aromatic nitrogens is 2. The Labute approximate surface area is 85.2 Å². The Bertz CT molecular complexity index is 659. The number of para-hydroxylation sites is 1. The first kappa shape index (κ1) is 9.28. The predicted octanol–water partition coefficient (Wildman–Crippen LogP) is 0.323. The van der Waals surface area contributed by atoms with Crippen molar-refractivity contribution >= 4 is 10.9 Å². The molecule has 0 bridgehead atoms. The van der Waals surface area contributed by atoms with Crippen LogP contribution in [0.2, 0.25) is 0 Å². The molecule has 0 saturated heterocycles. The third-order valence-corrected chi connectivity index (χ3v) is 2.15. The van der Waals surface area contributed by atoms with Crippen molar-refractivity contribution in [3.63, 3.8) is 0 Å². The van der Waals surface area contributed by atoms with E-state index in [-0.39, 0.29) is 12.1 Å². The molecule has 15 heavy (non-hydrogen) atoms. The van der Waals surface area contributed by atoms with Crippen molar-refractivity contribution in [1.29, 1.82) is 0 Å². The Kier molecular flexibility index (Phi) is 2.14. The topological polar surface area (TPSA) is 54.9 Å². The molecule has 1 aromatic heterocycles. The number of nitrogens with one attached hydrogen (secondary N) is 1. The standard InChI is InChI=1S/C11H8N2O2/c1-2-7-13-9-6-4-3-5-8(9)10(14)12-11(13)15/h1,3-6H,7H2,(H,12,14,15). The lowest BCUT2D eigenvalue weighted by Crippen LogP contribution is -2.30. The van der Waals surface area contributed by atoms with Crippen LogP contribution < -0.4 is 11.2 Å². The number of benzene rings is 1. The zero-order valence-corrected chi connectivity index (χ0v) is 7.86. The number of hydrogen-bond acceptors (Lipinski definition) is 2. The van der Waals surface area contributed by atoms with E-state index in [0.717, 1.165) is 0 Å². The summed E-state index contributed by atoms with van der Waals surface area (Å²) in [5, 5.41) is 0.465. The first-order valence-corrected chi connectivity index (χ1v) is 4.39. The second-order valence-electron chi connectivity index (χ2n) is 3.07. The van der Waals surface area contributed by atoms with Gasteiger partial charge in [-0.3, -0.25) is 14.3 Å². The molecule has 4 heteroatoms. The minimum atomic E-state index is -0.475. The van der Waals surface area contributed by atoms with Crippen LogP contribution in [0.4, 0.5) is 0 Å². The Hall–Kier alpha value is -2.28. The average Bonchev–Trinajstić information content (AvgIpc) is 2.24. The molecular formula is C11H8N2O2. The zero-order chi connectivity index (χ0) is 10.8. The van der Waals surface area contributed by atoms with E-state index in [1.54, 1.807) is 24.3 Å². The van der Waals surface area contributed by atoms with Gasteiger partial charge in [-0.15, -0.1) is 6.42 Å². The quantitative estimate of drug-likeness (QED) is 0.674. The maximum absolute atomic E-state index is 11.5. The van der Waals surface area contributed by atoms with E-state index < -0.39 is 5.69 Å². The van der Waals surface area contributed by atoms with Gasteiger partial charge in [0.1, 0.15) is 0 Å². The number of fused-ring (bicyclic) bond motifs is 1. The highest BCUT2D eigenvalue weighted by Crippen LogP contribution is 2.05. The molecule has 2 aromatic rings. The molecule has 1 heterocycles. The fraction of sp³-hybridized carbons (Fsp3) is 0.0909. The van der Waals surface area contributed by atoms with E-state index >= 15 is 0 Å². The minimum Gasteiger partial charge on any atom is -0.282 e. The van der Waals surface area contributed by atoms with Crippen molar-refractivity contribution in [1.82, 2.24) is 9.55 Å². The van der Waals surface area contributed by atoms with Gasteiger partial charge in [-0.25, -0.2) is 4.79 Å². The number of rotatable bonds is 1. The maximum atomic E-state index is 11.5. The van der Waals surface area contributed by atoms with Gasteiger partial charge in [0.25, 0.3) is 5.56 Å². The molecule has 0 saturated carbocycles. The maximum Gasteiger partial charge on any atom is 0.329 e. The normalized spacial score (nSPS) is 10.1. The molecule has 0 aliphatic carbocycles. The molecule has 0 spiro atoms. The first-order valence-electron chi connectivity index (χ1n) is 4.39. The van der Waals surface area contributed by atoms with Crippen LogP contribution >= 0.6 is 0 Å². The summed E-state index contributed by atoms with van der Waals surface area (Å²) in [4.78, 5) is 25.1. The number of hydrogen-bond donors (Lipinski definition) is 1. The van der Waals surface area contributed by atoms with Gasteiger partial charge in [-0.2, -0.15) is 0 Å². The van der Waals surface area contributed by atoms with E-state index in [1.165, 1.54) is 4.57 Å². The van der Waals surface area contributed by atoms with Crippen molar-refractivity contribution < 1.29 is 0 Å². The van der Waals surface area contributed by atoms with Crippen LogP contribution in [0.1, 0.15) is 0 Å². The second kappa shape index (κ2) is 3.46. The molecular weight excluding hydrogens is 192 g/mol. The van der Waals surface area contributed by atoms with Crippen molar-refractivity contribution in [2.45, 2.75) is 6.54 Å². The van der Waals surface area contributed by atoms with Crippen molar-refractivity contribution in [2.24, 2.45) is 0 Å². The highest BCUT2D eigenvalue weighted by atomic mass is 16.2. The van der Waals surface area contributed by atoms with Crippen LogP contribution in [0.3, 0.4) is 0 Å². The van der Waals surface area contributed by atoms with Crippen LogP contribution in [0.25, 0.3) is 10.9 Å². The minimum absolute atomic E-state index is 0.149. The third kappa shape index (κ3) is 1.44. The Morgan fingerprint density at radius 3 is 2.80 bits per heavy atom. The van der Waals surface area contributed by atoms with Crippen LogP contribution in [0, 0.1) is 12.3 Å². The lowest BCUT2D eigenvalue weighted by molar-refractivity contribution is 0.789. The Morgan fingerprint density at radius 2 is 2.07 bits per heavy atom. The lowest BCUT2D eigenvalue weighted by Gasteiger charge is -2.04. The van der Waals surface area contributed by atoms with E-state index in [9.17, 15) is 9.59 Å². The summed E-state index contributed by atoms with van der Waals surface area (Å²) in [6, 6.07) is 6.85. The molecule has 0 radical (unpaired) electrons. The summed E-state index contributed by atoms with van der Waals surface area (Å²) in [5.41, 5.74) is -0.301. The zero-order valence-electron chi connectivity index (χ0n) is 7.86. The highest BCUT2D eigenvalue weighted by molar-refractivity contribution is 5.77. The fourth-order valence-electron chi connectivity index (χ4n) is 1.49. The Balaban J connectivity index is 2.98. The number of nitrogens with zero attached hydrogens (tertiary/aromatic N) is 1. The lowest BCUT2D eigenvalue weighted by atomic mass is 10.2. The number of terminal acetylenes is 1. The smallest absolute Gasteiger partial charge is 0.282 e. The summed E-state index contributed by atoms with van der Waals surface area (Å²) in [6.45, 7) is 0.149. The number of H-pyrrole nitrogens is 1. The molecule has 2 rings (SSSR count). The summed E-state index contributed by atoms with van der Waals surface area (Å²) in [7, 11) is 0. The van der Waals surface area contributed by atoms with E-state index in [4.69, 9.17) is 6.42 Å². The van der Waals surface area contributed by atoms with Gasteiger partial charge in [0, 0.05) is 0 Å². The fourth-order valence-corrected chi connectivity index (χ4v) is 1.49. The van der Waals surface area contributed by atoms with Gasteiger partial charge in [0.05, 0.1) is 17.4 Å². The molecule has 0 amide bonds. The van der Waals surface area contributed by atoms with E-state index in [0.29, 0.717) is 10.9 Å². The molecule has 0 atom stereocenters. The van der Waals surface area contributed by atoms with Gasteiger partial charge in [-0.1, -0.05) is 18.1 Å². The molecule has 74 valence electrons. The van der Waals surface area contributed by atoms with Crippen LogP contribution in [-0.4, -0.2) is 9.55 Å². The molecule has 0 unspecified atom stereocenters. The van der Waals surface area contributed by atoms with Crippen molar-refractivity contribution in [2.75, 3.05) is 0 Å². The first-order chi connectivity index (χ1) is 7.24. The van der Waals surface area contributed by atoms with E-state index in [1.807, 2.05) is 0 Å².